The summed E-state index contributed by atoms with van der Waals surface area (Å²) in [6.45, 7) is 2.27. The smallest absolute Gasteiger partial charge is 0.233 e. The van der Waals surface area contributed by atoms with E-state index in [1.54, 1.807) is 6.20 Å². The highest BCUT2D eigenvalue weighted by Crippen LogP contribution is 2.54. The first kappa shape index (κ1) is 16.3. The predicted octanol–water partition coefficient (Wildman–Crippen LogP) is 4.20. The Balaban J connectivity index is 1.61. The van der Waals surface area contributed by atoms with E-state index in [4.69, 9.17) is 9.47 Å². The Labute approximate surface area is 161 Å². The molecule has 27 heavy (non-hydrogen) atoms. The standard InChI is InChI=1S/C21H18N2O3S/c1-21(19(24)23-20-22-7-8-27-20)11-14-9-16-17(26-12-25-16)10-15(14)18(21)13-5-3-2-4-6-13/h2-10,18H,11-12H2,1H3,(H,22,23,24)/t18-,21+/m1/s1. The number of hydrogen-bond donors (Lipinski definition) is 1. The molecule has 0 saturated heterocycles. The van der Waals surface area contributed by atoms with E-state index < -0.39 is 5.41 Å². The number of rotatable bonds is 3. The molecule has 2 atom stereocenters. The number of fused-ring (bicyclic) bond motifs is 2. The van der Waals surface area contributed by atoms with Gasteiger partial charge in [0, 0.05) is 17.5 Å². The Bertz CT molecular complexity index is 1000. The van der Waals surface area contributed by atoms with Crippen LogP contribution in [-0.2, 0) is 11.2 Å². The van der Waals surface area contributed by atoms with Crippen molar-refractivity contribution in [3.63, 3.8) is 0 Å². The Kier molecular flexibility index (Phi) is 3.68. The Morgan fingerprint density at radius 3 is 2.74 bits per heavy atom. The van der Waals surface area contributed by atoms with Gasteiger partial charge in [-0.2, -0.15) is 0 Å². The van der Waals surface area contributed by atoms with Crippen molar-refractivity contribution in [1.29, 1.82) is 0 Å². The number of aromatic nitrogens is 1. The Morgan fingerprint density at radius 2 is 2.00 bits per heavy atom. The number of carbonyl (C=O) groups excluding carboxylic acids is 1. The van der Waals surface area contributed by atoms with Crippen LogP contribution in [0.1, 0.15) is 29.5 Å². The van der Waals surface area contributed by atoms with Crippen LogP contribution in [-0.4, -0.2) is 17.7 Å². The highest BCUT2D eigenvalue weighted by molar-refractivity contribution is 7.13. The second-order valence-electron chi connectivity index (χ2n) is 7.13. The minimum atomic E-state index is -0.634. The minimum Gasteiger partial charge on any atom is -0.454 e. The zero-order chi connectivity index (χ0) is 18.4. The molecule has 2 heterocycles. The normalized spacial score (nSPS) is 22.5. The van der Waals surface area contributed by atoms with Gasteiger partial charge in [0.1, 0.15) is 0 Å². The fourth-order valence-corrected chi connectivity index (χ4v) is 4.72. The highest BCUT2D eigenvalue weighted by atomic mass is 32.1. The van der Waals surface area contributed by atoms with Crippen molar-refractivity contribution in [1.82, 2.24) is 4.98 Å². The number of benzene rings is 2. The molecule has 0 saturated carbocycles. The topological polar surface area (TPSA) is 60.5 Å². The summed E-state index contributed by atoms with van der Waals surface area (Å²) in [5, 5.41) is 5.48. The van der Waals surface area contributed by atoms with Crippen LogP contribution in [0.2, 0.25) is 0 Å². The summed E-state index contributed by atoms with van der Waals surface area (Å²) >= 11 is 1.42. The zero-order valence-corrected chi connectivity index (χ0v) is 15.6. The van der Waals surface area contributed by atoms with Gasteiger partial charge >= 0.3 is 0 Å². The summed E-state index contributed by atoms with van der Waals surface area (Å²) in [5.74, 6) is 1.41. The molecule has 136 valence electrons. The fourth-order valence-electron chi connectivity index (χ4n) is 4.19. The molecule has 0 fully saturated rings. The second kappa shape index (κ2) is 6.09. The van der Waals surface area contributed by atoms with Crippen molar-refractivity contribution in [3.8, 4) is 11.5 Å². The lowest BCUT2D eigenvalue weighted by molar-refractivity contribution is -0.125. The molecule has 1 aliphatic heterocycles. The van der Waals surface area contributed by atoms with E-state index in [9.17, 15) is 4.79 Å². The van der Waals surface area contributed by atoms with Crippen LogP contribution >= 0.6 is 11.3 Å². The Hall–Kier alpha value is -2.86. The molecule has 3 aromatic rings. The Morgan fingerprint density at radius 1 is 1.22 bits per heavy atom. The molecule has 5 rings (SSSR count). The molecule has 6 heteroatoms. The fraction of sp³-hybridized carbons (Fsp3) is 0.238. The summed E-state index contributed by atoms with van der Waals surface area (Å²) in [5.41, 5.74) is 2.74. The van der Waals surface area contributed by atoms with Crippen molar-refractivity contribution in [2.45, 2.75) is 19.3 Å². The van der Waals surface area contributed by atoms with Gasteiger partial charge in [-0.3, -0.25) is 4.79 Å². The summed E-state index contributed by atoms with van der Waals surface area (Å²) in [6, 6.07) is 14.2. The van der Waals surface area contributed by atoms with E-state index in [0.717, 1.165) is 28.2 Å². The van der Waals surface area contributed by atoms with Crippen LogP contribution < -0.4 is 14.8 Å². The number of hydrogen-bond acceptors (Lipinski definition) is 5. The molecule has 5 nitrogen and oxygen atoms in total. The number of amides is 1. The third-order valence-corrected chi connectivity index (χ3v) is 6.13. The molecule has 1 N–H and O–H groups in total. The van der Waals surface area contributed by atoms with Gasteiger partial charge in [0.05, 0.1) is 5.41 Å². The van der Waals surface area contributed by atoms with Gasteiger partial charge in [-0.25, -0.2) is 4.98 Å². The molecule has 0 unspecified atom stereocenters. The van der Waals surface area contributed by atoms with Gasteiger partial charge in [-0.15, -0.1) is 11.3 Å². The molecular weight excluding hydrogens is 360 g/mol. The van der Waals surface area contributed by atoms with Crippen LogP contribution in [0, 0.1) is 5.41 Å². The lowest BCUT2D eigenvalue weighted by atomic mass is 9.73. The number of thiazole rings is 1. The maximum Gasteiger partial charge on any atom is 0.233 e. The predicted molar refractivity (Wildman–Crippen MR) is 103 cm³/mol. The first-order chi connectivity index (χ1) is 13.1. The third-order valence-electron chi connectivity index (χ3n) is 5.44. The first-order valence-corrected chi connectivity index (χ1v) is 9.71. The quantitative estimate of drug-likeness (QED) is 0.742. The van der Waals surface area contributed by atoms with Crippen LogP contribution in [0.4, 0.5) is 5.13 Å². The van der Waals surface area contributed by atoms with Gasteiger partial charge in [0.15, 0.2) is 16.6 Å². The number of nitrogens with zero attached hydrogens (tertiary/aromatic N) is 1. The summed E-state index contributed by atoms with van der Waals surface area (Å²) in [6.07, 6.45) is 2.33. The summed E-state index contributed by atoms with van der Waals surface area (Å²) in [4.78, 5) is 17.5. The van der Waals surface area contributed by atoms with E-state index in [1.165, 1.54) is 11.3 Å². The van der Waals surface area contributed by atoms with Crippen LogP contribution in [0.3, 0.4) is 0 Å². The van der Waals surface area contributed by atoms with Crippen LogP contribution in [0.25, 0.3) is 0 Å². The van der Waals surface area contributed by atoms with Crippen molar-refractivity contribution < 1.29 is 14.3 Å². The van der Waals surface area contributed by atoms with E-state index in [2.05, 4.69) is 22.4 Å². The van der Waals surface area contributed by atoms with Crippen LogP contribution in [0.5, 0.6) is 11.5 Å². The number of nitrogens with one attached hydrogen (secondary N) is 1. The van der Waals surface area contributed by atoms with Gasteiger partial charge in [0.2, 0.25) is 12.7 Å². The zero-order valence-electron chi connectivity index (χ0n) is 14.8. The van der Waals surface area contributed by atoms with E-state index in [1.807, 2.05) is 42.6 Å². The summed E-state index contributed by atoms with van der Waals surface area (Å²) < 4.78 is 11.1. The lowest BCUT2D eigenvalue weighted by Crippen LogP contribution is -2.37. The van der Waals surface area contributed by atoms with Crippen LogP contribution in [0.15, 0.2) is 54.0 Å². The molecular formula is C21H18N2O3S. The SMILES string of the molecule is C[C@]1(C(=O)Nc2nccs2)Cc2cc3c(cc2[C@H]1c1ccccc1)OCO3. The third kappa shape index (κ3) is 2.59. The lowest BCUT2D eigenvalue weighted by Gasteiger charge is -2.30. The molecule has 1 aliphatic carbocycles. The molecule has 1 aromatic heterocycles. The van der Waals surface area contributed by atoms with Gasteiger partial charge in [0.25, 0.3) is 0 Å². The van der Waals surface area contributed by atoms with Gasteiger partial charge < -0.3 is 14.8 Å². The van der Waals surface area contributed by atoms with Crippen molar-refractivity contribution in [2.24, 2.45) is 5.41 Å². The van der Waals surface area contributed by atoms with Gasteiger partial charge in [-0.05, 0) is 42.2 Å². The summed E-state index contributed by atoms with van der Waals surface area (Å²) in [7, 11) is 0. The molecule has 2 aromatic carbocycles. The first-order valence-electron chi connectivity index (χ1n) is 8.83. The molecule has 0 spiro atoms. The van der Waals surface area contributed by atoms with Crippen molar-refractivity contribution in [3.05, 3.63) is 70.7 Å². The molecule has 0 radical (unpaired) electrons. The molecule has 0 bridgehead atoms. The second-order valence-corrected chi connectivity index (χ2v) is 8.03. The van der Waals surface area contributed by atoms with Gasteiger partial charge in [-0.1, -0.05) is 30.3 Å². The maximum absolute atomic E-state index is 13.3. The average Bonchev–Trinajstić information content (AvgIpc) is 3.39. The largest absolute Gasteiger partial charge is 0.454 e. The van der Waals surface area contributed by atoms with Crippen molar-refractivity contribution in [2.75, 3.05) is 12.1 Å². The van der Waals surface area contributed by atoms with E-state index >= 15 is 0 Å². The molecule has 1 amide bonds. The monoisotopic (exact) mass is 378 g/mol. The van der Waals surface area contributed by atoms with E-state index in [0.29, 0.717) is 11.6 Å². The van der Waals surface area contributed by atoms with E-state index in [-0.39, 0.29) is 18.6 Å². The minimum absolute atomic E-state index is 0.0236. The average molecular weight is 378 g/mol. The number of carbonyl (C=O) groups is 1. The maximum atomic E-state index is 13.3. The number of anilines is 1. The highest BCUT2D eigenvalue weighted by Gasteiger charge is 2.49. The number of ether oxygens (including phenoxy) is 2. The van der Waals surface area contributed by atoms with Crippen molar-refractivity contribution >= 4 is 22.4 Å². The molecule has 2 aliphatic rings.